The molecule has 1 fully saturated rings. The Kier molecular flexibility index (Phi) is 7.68. The molecule has 4 rings (SSSR count). The largest absolute Gasteiger partial charge is 0.508 e. The summed E-state index contributed by atoms with van der Waals surface area (Å²) in [4.78, 5) is 54.2. The molecule has 0 aliphatic heterocycles. The van der Waals surface area contributed by atoms with Gasteiger partial charge in [-0.05, 0) is 58.6 Å². The summed E-state index contributed by atoms with van der Waals surface area (Å²) in [5, 5.41) is 47.1. The Morgan fingerprint density at radius 1 is 1.13 bits per heavy atom. The Labute approximate surface area is 224 Å². The second-order valence-electron chi connectivity index (χ2n) is 10.2. The van der Waals surface area contributed by atoms with Crippen LogP contribution < -0.4 is 11.1 Å². The predicted octanol–water partition coefficient (Wildman–Crippen LogP) is -0.114. The number of anilines is 1. The van der Waals surface area contributed by atoms with Crippen LogP contribution in [0.1, 0.15) is 17.5 Å². The summed E-state index contributed by atoms with van der Waals surface area (Å²) >= 11 is 0. The van der Waals surface area contributed by atoms with Crippen molar-refractivity contribution >= 4 is 47.2 Å². The molecule has 12 nitrogen and oxygen atoms in total. The lowest BCUT2D eigenvalue weighted by molar-refractivity contribution is -0.153. The molecule has 1 aromatic rings. The fourth-order valence-corrected chi connectivity index (χ4v) is 5.80. The molecule has 1 saturated carbocycles. The summed E-state index contributed by atoms with van der Waals surface area (Å²) in [6, 6.07) is 1.96. The van der Waals surface area contributed by atoms with E-state index in [1.54, 1.807) is 25.1 Å². The van der Waals surface area contributed by atoms with Crippen LogP contribution in [0.15, 0.2) is 29.0 Å². The van der Waals surface area contributed by atoms with E-state index < -0.39 is 69.7 Å². The zero-order chi connectivity index (χ0) is 27.6. The maximum absolute atomic E-state index is 13.8. The number of Topliss-reactive ketones (excluding diaryl/α,β-unsaturated/α-hetero) is 2. The first-order chi connectivity index (χ1) is 17.2. The van der Waals surface area contributed by atoms with Crippen LogP contribution in [0.25, 0.3) is 5.76 Å². The van der Waals surface area contributed by atoms with Crippen molar-refractivity contribution in [2.45, 2.75) is 24.5 Å². The fraction of sp³-hybridized carbons (Fsp3) is 0.440. The number of nitrogens with zero attached hydrogens (tertiary/aromatic N) is 2. The number of phenolic OH excluding ortho intramolecular Hbond substituents is 1. The van der Waals surface area contributed by atoms with E-state index in [0.29, 0.717) is 5.56 Å². The number of halogens is 1. The summed E-state index contributed by atoms with van der Waals surface area (Å²) in [6.45, 7) is 0.0398. The SMILES string of the molecule is CN(C)CC(=O)Nc1ccc2c(c1O)C(O)=C1C(=O)[C@@]3(O)C(O)=C(C(N)=O)C(=O)[C@H](N(C)C)C3CC1C2.Cl. The van der Waals surface area contributed by atoms with E-state index in [-0.39, 0.29) is 48.6 Å². The van der Waals surface area contributed by atoms with Crippen molar-refractivity contribution in [2.24, 2.45) is 17.6 Å². The van der Waals surface area contributed by atoms with Gasteiger partial charge in [-0.2, -0.15) is 0 Å². The number of carbonyl (C=O) groups is 4. The molecule has 1 aromatic carbocycles. The number of aliphatic hydroxyl groups excluding tert-OH is 2. The van der Waals surface area contributed by atoms with E-state index in [1.165, 1.54) is 25.1 Å². The minimum absolute atomic E-state index is 0. The van der Waals surface area contributed by atoms with Crippen molar-refractivity contribution in [1.82, 2.24) is 9.80 Å². The number of phenols is 1. The second kappa shape index (κ2) is 10.0. The summed E-state index contributed by atoms with van der Waals surface area (Å²) in [7, 11) is 6.47. The molecule has 0 bridgehead atoms. The monoisotopic (exact) mass is 550 g/mol. The molecule has 7 N–H and O–H groups in total. The number of likely N-dealkylation sites (N-methyl/N-ethyl adjacent to an activating group) is 2. The zero-order valence-electron chi connectivity index (χ0n) is 21.3. The molecule has 0 radical (unpaired) electrons. The maximum atomic E-state index is 13.8. The molecule has 3 aliphatic carbocycles. The second-order valence-corrected chi connectivity index (χ2v) is 10.2. The lowest BCUT2D eigenvalue weighted by Gasteiger charge is -2.50. The normalized spacial score (nSPS) is 26.6. The number of primary amides is 1. The Hall–Kier alpha value is -3.45. The van der Waals surface area contributed by atoms with Crippen LogP contribution in [0.4, 0.5) is 5.69 Å². The van der Waals surface area contributed by atoms with Gasteiger partial charge in [-0.1, -0.05) is 6.07 Å². The van der Waals surface area contributed by atoms with Gasteiger partial charge in [0.2, 0.25) is 11.7 Å². The van der Waals surface area contributed by atoms with Crippen molar-refractivity contribution in [3.63, 3.8) is 0 Å². The molecular weight excluding hydrogens is 520 g/mol. The molecule has 2 amide bonds. The number of nitrogens with one attached hydrogen (secondary N) is 1. The standard InChI is InChI=1S/C25H30N4O8.ClH/c1-28(2)9-14(30)27-13-6-5-10-7-11-8-12-18(29(3)4)21(33)17(24(26)36)23(35)25(12,37)22(34)16(11)20(32)15(10)19(13)31;/h5-6,11-12,18,31-32,35,37H,7-9H2,1-4H3,(H2,26,36)(H,27,30);1H/t11?,12?,18-,25-;/m1./s1. The number of hydrogen-bond acceptors (Lipinski definition) is 10. The molecule has 2 unspecified atom stereocenters. The van der Waals surface area contributed by atoms with Gasteiger partial charge in [0.05, 0.1) is 23.8 Å². The third-order valence-corrected chi connectivity index (χ3v) is 7.33. The van der Waals surface area contributed by atoms with Crippen molar-refractivity contribution < 1.29 is 39.6 Å². The predicted molar refractivity (Wildman–Crippen MR) is 139 cm³/mol. The van der Waals surface area contributed by atoms with Crippen molar-refractivity contribution in [3.8, 4) is 5.75 Å². The van der Waals surface area contributed by atoms with Gasteiger partial charge in [0.15, 0.2) is 11.4 Å². The molecule has 0 heterocycles. The molecule has 38 heavy (non-hydrogen) atoms. The average molecular weight is 551 g/mol. The highest BCUT2D eigenvalue weighted by Gasteiger charge is 2.64. The number of rotatable bonds is 5. The number of ketones is 2. The lowest BCUT2D eigenvalue weighted by atomic mass is 9.57. The Morgan fingerprint density at radius 3 is 2.32 bits per heavy atom. The Bertz CT molecular complexity index is 1300. The minimum atomic E-state index is -2.70. The van der Waals surface area contributed by atoms with Crippen LogP contribution in [-0.2, 0) is 25.6 Å². The highest BCUT2D eigenvalue weighted by atomic mass is 35.5. The summed E-state index contributed by atoms with van der Waals surface area (Å²) in [5.41, 5.74) is 1.93. The summed E-state index contributed by atoms with van der Waals surface area (Å²) in [6.07, 6.45) is 0.182. The first-order valence-corrected chi connectivity index (χ1v) is 11.7. The zero-order valence-corrected chi connectivity index (χ0v) is 22.1. The van der Waals surface area contributed by atoms with E-state index in [1.807, 2.05) is 0 Å². The third-order valence-electron chi connectivity index (χ3n) is 7.33. The summed E-state index contributed by atoms with van der Waals surface area (Å²) < 4.78 is 0. The van der Waals surface area contributed by atoms with Crippen LogP contribution in [0, 0.1) is 11.8 Å². The van der Waals surface area contributed by atoms with E-state index in [0.717, 1.165) is 0 Å². The van der Waals surface area contributed by atoms with Gasteiger partial charge < -0.3 is 36.4 Å². The van der Waals surface area contributed by atoms with E-state index in [4.69, 9.17) is 5.73 Å². The molecule has 3 aliphatic rings. The molecule has 206 valence electrons. The van der Waals surface area contributed by atoms with Gasteiger partial charge in [0.25, 0.3) is 5.91 Å². The smallest absolute Gasteiger partial charge is 0.255 e. The molecule has 0 aromatic heterocycles. The number of benzene rings is 1. The number of aliphatic hydroxyl groups is 3. The average Bonchev–Trinajstić information content (AvgIpc) is 2.77. The fourth-order valence-electron chi connectivity index (χ4n) is 5.80. The maximum Gasteiger partial charge on any atom is 0.255 e. The number of hydrogen-bond donors (Lipinski definition) is 6. The van der Waals surface area contributed by atoms with Crippen LogP contribution >= 0.6 is 12.4 Å². The topological polar surface area (TPSA) is 194 Å². The van der Waals surface area contributed by atoms with Gasteiger partial charge in [0, 0.05) is 11.5 Å². The molecule has 0 saturated heterocycles. The lowest BCUT2D eigenvalue weighted by Crippen LogP contribution is -2.65. The van der Waals surface area contributed by atoms with E-state index in [2.05, 4.69) is 5.32 Å². The quantitative estimate of drug-likeness (QED) is 0.213. The van der Waals surface area contributed by atoms with Crippen molar-refractivity contribution in [1.29, 1.82) is 0 Å². The highest BCUT2D eigenvalue weighted by Crippen LogP contribution is 2.53. The number of carbonyl (C=O) groups excluding carboxylic acids is 4. The first-order valence-electron chi connectivity index (χ1n) is 11.7. The number of amides is 2. The van der Waals surface area contributed by atoms with Crippen LogP contribution in [-0.4, -0.2) is 100.0 Å². The van der Waals surface area contributed by atoms with Gasteiger partial charge in [-0.3, -0.25) is 24.1 Å². The number of fused-ring (bicyclic) bond motifs is 3. The number of nitrogens with two attached hydrogens (primary N) is 1. The molecule has 13 heteroatoms. The Morgan fingerprint density at radius 2 is 1.76 bits per heavy atom. The van der Waals surface area contributed by atoms with Crippen molar-refractivity contribution in [2.75, 3.05) is 40.1 Å². The van der Waals surface area contributed by atoms with Crippen LogP contribution in [0.5, 0.6) is 5.75 Å². The molecule has 0 spiro atoms. The van der Waals surface area contributed by atoms with Crippen LogP contribution in [0.3, 0.4) is 0 Å². The van der Waals surface area contributed by atoms with Crippen LogP contribution in [0.2, 0.25) is 0 Å². The summed E-state index contributed by atoms with van der Waals surface area (Å²) in [5.74, 6) is -7.61. The Balaban J connectivity index is 0.00000400. The van der Waals surface area contributed by atoms with Gasteiger partial charge in [0.1, 0.15) is 22.8 Å². The van der Waals surface area contributed by atoms with Crippen molar-refractivity contribution in [3.05, 3.63) is 40.2 Å². The molecular formula is C25H31ClN4O8. The number of aromatic hydroxyl groups is 1. The van der Waals surface area contributed by atoms with Gasteiger partial charge in [-0.25, -0.2) is 0 Å². The van der Waals surface area contributed by atoms with Gasteiger partial charge >= 0.3 is 0 Å². The van der Waals surface area contributed by atoms with Gasteiger partial charge in [-0.15, -0.1) is 12.4 Å². The van der Waals surface area contributed by atoms with E-state index >= 15 is 0 Å². The molecule has 4 atom stereocenters. The van der Waals surface area contributed by atoms with E-state index in [9.17, 15) is 39.6 Å². The first kappa shape index (κ1) is 29.1. The highest BCUT2D eigenvalue weighted by molar-refractivity contribution is 6.24. The third kappa shape index (κ3) is 4.23. The minimum Gasteiger partial charge on any atom is -0.508 e.